The molecule has 0 saturated heterocycles. The highest BCUT2D eigenvalue weighted by atomic mass is 35.5. The number of ether oxygens (including phenoxy) is 1. The number of alkyl halides is 3. The lowest BCUT2D eigenvalue weighted by atomic mass is 10.1. The third-order valence-electron chi connectivity index (χ3n) is 4.61. The molecule has 2 aromatic heterocycles. The molecule has 3 rings (SSSR count). The maximum atomic E-state index is 15.0. The predicted octanol–water partition coefficient (Wildman–Crippen LogP) is 4.88. The van der Waals surface area contributed by atoms with E-state index in [-0.39, 0.29) is 23.9 Å². The highest BCUT2D eigenvalue weighted by Gasteiger charge is 2.37. The van der Waals surface area contributed by atoms with E-state index < -0.39 is 46.0 Å². The van der Waals surface area contributed by atoms with Crippen LogP contribution in [0.25, 0.3) is 22.6 Å². The van der Waals surface area contributed by atoms with Crippen molar-refractivity contribution < 1.29 is 26.7 Å². The van der Waals surface area contributed by atoms with E-state index in [0.717, 1.165) is 19.1 Å². The number of rotatable bonds is 9. The average molecular weight is 503 g/mol. The van der Waals surface area contributed by atoms with Gasteiger partial charge in [-0.25, -0.2) is 23.7 Å². The highest BCUT2D eigenvalue weighted by Crippen LogP contribution is 2.39. The zero-order chi connectivity index (χ0) is 24.9. The number of hydrogen-bond acceptors (Lipinski definition) is 7. The van der Waals surface area contributed by atoms with Crippen LogP contribution in [0.15, 0.2) is 30.7 Å². The number of benzene rings is 1. The van der Waals surface area contributed by atoms with Gasteiger partial charge in [0.25, 0.3) is 0 Å². The van der Waals surface area contributed by atoms with Gasteiger partial charge in [0.05, 0.1) is 23.9 Å². The first-order valence-electron chi connectivity index (χ1n) is 10.1. The van der Waals surface area contributed by atoms with Gasteiger partial charge < -0.3 is 15.4 Å². The second-order valence-corrected chi connectivity index (χ2v) is 7.49. The second-order valence-electron chi connectivity index (χ2n) is 7.13. The van der Waals surface area contributed by atoms with Gasteiger partial charge in [-0.1, -0.05) is 11.6 Å². The smallest absolute Gasteiger partial charge is 0.408 e. The molecule has 1 aromatic carbocycles. The van der Waals surface area contributed by atoms with Gasteiger partial charge in [-0.3, -0.25) is 4.98 Å². The van der Waals surface area contributed by atoms with Crippen LogP contribution in [0.1, 0.15) is 13.3 Å². The summed E-state index contributed by atoms with van der Waals surface area (Å²) in [6.45, 7) is 1.67. The molecule has 0 aliphatic heterocycles. The quantitative estimate of drug-likeness (QED) is 0.245. The summed E-state index contributed by atoms with van der Waals surface area (Å²) in [7, 11) is 1.75. The molecule has 0 aliphatic carbocycles. The first-order chi connectivity index (χ1) is 16.1. The Hall–Kier alpha value is -3.12. The van der Waals surface area contributed by atoms with Crippen molar-refractivity contribution in [3.05, 3.63) is 47.5 Å². The normalized spacial score (nSPS) is 12.5. The lowest BCUT2D eigenvalue weighted by molar-refractivity contribution is -0.138. The fraction of sp³-hybridized carbons (Fsp3) is 0.333. The summed E-state index contributed by atoms with van der Waals surface area (Å²) in [5.41, 5.74) is -1.07. The number of aromatic nitrogens is 4. The zero-order valence-electron chi connectivity index (χ0n) is 18.1. The van der Waals surface area contributed by atoms with Crippen molar-refractivity contribution >= 4 is 17.4 Å². The monoisotopic (exact) mass is 502 g/mol. The Balaban J connectivity index is 2.09. The van der Waals surface area contributed by atoms with Gasteiger partial charge in [-0.05, 0) is 26.9 Å². The van der Waals surface area contributed by atoms with Crippen molar-refractivity contribution in [3.8, 4) is 28.4 Å². The van der Waals surface area contributed by atoms with Crippen molar-refractivity contribution in [3.63, 3.8) is 0 Å². The minimum atomic E-state index is -4.68. The third kappa shape index (κ3) is 6.06. The summed E-state index contributed by atoms with van der Waals surface area (Å²) in [6, 6.07) is -0.281. The Bertz CT molecular complexity index is 1110. The minimum absolute atomic E-state index is 0.0822. The minimum Gasteiger partial charge on any atom is -0.493 e. The SMILES string of the molecule is CNCCCOc1cc(F)c(-c2c(Cl)nc(-c3cnccn3)nc2N[C@@H](C)C(F)(F)F)c(F)c1. The van der Waals surface area contributed by atoms with Crippen LogP contribution >= 0.6 is 11.6 Å². The van der Waals surface area contributed by atoms with Crippen LogP contribution in [-0.2, 0) is 0 Å². The average Bonchev–Trinajstić information content (AvgIpc) is 2.77. The summed E-state index contributed by atoms with van der Waals surface area (Å²) < 4.78 is 75.1. The van der Waals surface area contributed by atoms with Gasteiger partial charge in [0.15, 0.2) is 5.82 Å². The van der Waals surface area contributed by atoms with E-state index >= 15 is 8.78 Å². The molecule has 34 heavy (non-hydrogen) atoms. The van der Waals surface area contributed by atoms with Crippen LogP contribution in [0.3, 0.4) is 0 Å². The van der Waals surface area contributed by atoms with E-state index in [1.807, 2.05) is 0 Å². The molecule has 0 fully saturated rings. The summed E-state index contributed by atoms with van der Waals surface area (Å²) in [6.07, 6.45) is -0.125. The highest BCUT2D eigenvalue weighted by molar-refractivity contribution is 6.32. The van der Waals surface area contributed by atoms with Crippen molar-refractivity contribution in [1.82, 2.24) is 25.3 Å². The van der Waals surface area contributed by atoms with E-state index in [0.29, 0.717) is 13.0 Å². The number of nitrogens with zero attached hydrogens (tertiary/aromatic N) is 4. The van der Waals surface area contributed by atoms with E-state index in [9.17, 15) is 13.2 Å². The number of anilines is 1. The second kappa shape index (κ2) is 10.9. The van der Waals surface area contributed by atoms with Crippen LogP contribution in [-0.4, -0.2) is 52.4 Å². The lowest BCUT2D eigenvalue weighted by Crippen LogP contribution is -2.33. The van der Waals surface area contributed by atoms with Crippen molar-refractivity contribution in [1.29, 1.82) is 0 Å². The van der Waals surface area contributed by atoms with Gasteiger partial charge in [0, 0.05) is 24.5 Å². The van der Waals surface area contributed by atoms with Gasteiger partial charge in [-0.2, -0.15) is 13.2 Å². The van der Waals surface area contributed by atoms with E-state index in [1.54, 1.807) is 7.05 Å². The molecule has 0 spiro atoms. The van der Waals surface area contributed by atoms with Crippen LogP contribution < -0.4 is 15.4 Å². The molecule has 3 aromatic rings. The molecule has 0 saturated carbocycles. The molecular formula is C21H20ClF5N6O. The van der Waals surface area contributed by atoms with Crippen LogP contribution in [0.4, 0.5) is 27.8 Å². The first kappa shape index (κ1) is 25.5. The predicted molar refractivity (Wildman–Crippen MR) is 117 cm³/mol. The standard InChI is InChI=1S/C21H20ClF5N6O/c1-11(21(25,26)27)31-20-17(18(22)32-19(33-20)15-10-29-5-6-30-15)16-13(23)8-12(9-14(16)24)34-7-3-4-28-2/h5-6,8-11,28H,3-4,7H2,1-2H3,(H,31,32,33)/t11-/m0/s1. The van der Waals surface area contributed by atoms with Gasteiger partial charge in [-0.15, -0.1) is 0 Å². The van der Waals surface area contributed by atoms with Crippen molar-refractivity contribution in [2.75, 3.05) is 25.5 Å². The molecule has 0 amide bonds. The van der Waals surface area contributed by atoms with Crippen LogP contribution in [0.2, 0.25) is 5.15 Å². The Morgan fingerprint density at radius 3 is 2.38 bits per heavy atom. The molecule has 1 atom stereocenters. The molecule has 2 heterocycles. The zero-order valence-corrected chi connectivity index (χ0v) is 18.8. The van der Waals surface area contributed by atoms with Gasteiger partial charge in [0.2, 0.25) is 0 Å². The molecule has 7 nitrogen and oxygen atoms in total. The molecular weight excluding hydrogens is 483 g/mol. The maximum absolute atomic E-state index is 15.0. The molecule has 182 valence electrons. The largest absolute Gasteiger partial charge is 0.493 e. The van der Waals surface area contributed by atoms with Gasteiger partial charge in [0.1, 0.15) is 40.1 Å². The Morgan fingerprint density at radius 1 is 1.09 bits per heavy atom. The molecule has 2 N–H and O–H groups in total. The summed E-state index contributed by atoms with van der Waals surface area (Å²) in [4.78, 5) is 15.8. The van der Waals surface area contributed by atoms with E-state index in [2.05, 4.69) is 30.6 Å². The van der Waals surface area contributed by atoms with Crippen LogP contribution in [0, 0.1) is 11.6 Å². The molecule has 0 bridgehead atoms. The first-order valence-corrected chi connectivity index (χ1v) is 10.4. The Morgan fingerprint density at radius 2 is 1.79 bits per heavy atom. The van der Waals surface area contributed by atoms with E-state index in [1.165, 1.54) is 18.6 Å². The fourth-order valence-corrected chi connectivity index (χ4v) is 3.15. The third-order valence-corrected chi connectivity index (χ3v) is 4.88. The molecule has 13 heteroatoms. The van der Waals surface area contributed by atoms with Gasteiger partial charge >= 0.3 is 6.18 Å². The maximum Gasteiger partial charge on any atom is 0.408 e. The summed E-state index contributed by atoms with van der Waals surface area (Å²) in [5, 5.41) is 4.57. The Kier molecular flexibility index (Phi) is 8.15. The Labute approximate surface area is 196 Å². The fourth-order valence-electron chi connectivity index (χ4n) is 2.89. The van der Waals surface area contributed by atoms with Crippen molar-refractivity contribution in [2.24, 2.45) is 0 Å². The molecule has 0 unspecified atom stereocenters. The van der Waals surface area contributed by atoms with Crippen LogP contribution in [0.5, 0.6) is 5.75 Å². The molecule has 0 aliphatic rings. The van der Waals surface area contributed by atoms with Crippen molar-refractivity contribution in [2.45, 2.75) is 25.6 Å². The number of halogens is 6. The topological polar surface area (TPSA) is 84.8 Å². The number of nitrogens with one attached hydrogen (secondary N) is 2. The number of hydrogen-bond donors (Lipinski definition) is 2. The molecule has 0 radical (unpaired) electrons. The van der Waals surface area contributed by atoms with E-state index in [4.69, 9.17) is 16.3 Å². The lowest BCUT2D eigenvalue weighted by Gasteiger charge is -2.21. The summed E-state index contributed by atoms with van der Waals surface area (Å²) >= 11 is 6.23. The summed E-state index contributed by atoms with van der Waals surface area (Å²) in [5.74, 6) is -3.00.